The molecule has 0 saturated carbocycles. The molecule has 1 aliphatic rings. The van der Waals surface area contributed by atoms with Gasteiger partial charge in [0.1, 0.15) is 6.10 Å². The number of hydrogen-bond donors (Lipinski definition) is 1. The van der Waals surface area contributed by atoms with Crippen LogP contribution in [0.4, 0.5) is 0 Å². The molecule has 15 heavy (non-hydrogen) atoms. The fraction of sp³-hybridized carbons (Fsp3) is 0.455. The summed E-state index contributed by atoms with van der Waals surface area (Å²) in [5.41, 5.74) is 0. The average molecular weight is 230 g/mol. The molecule has 2 rings (SSSR count). The minimum Gasteiger partial charge on any atom is -0.493 e. The highest BCUT2D eigenvalue weighted by Gasteiger charge is 2.17. The third kappa shape index (κ3) is 3.01. The maximum atomic E-state index is 5.81. The van der Waals surface area contributed by atoms with E-state index in [1.807, 2.05) is 24.3 Å². The monoisotopic (exact) mass is 229 g/mol. The second-order valence-electron chi connectivity index (χ2n) is 3.38. The molecule has 3 nitrogen and oxygen atoms in total. The normalized spacial score (nSPS) is 19.4. The van der Waals surface area contributed by atoms with Crippen LogP contribution in [0.2, 0.25) is 0 Å². The Hall–Kier alpha value is -0.930. The van der Waals surface area contributed by atoms with Crippen LogP contribution in [-0.4, -0.2) is 26.3 Å². The molecule has 1 aromatic carbocycles. The molecule has 0 spiro atoms. The number of hydrogen-bond acceptors (Lipinski definition) is 3. The van der Waals surface area contributed by atoms with Crippen LogP contribution in [0, 0.1) is 0 Å². The van der Waals surface area contributed by atoms with Gasteiger partial charge in [0.15, 0.2) is 11.5 Å². The Balaban J connectivity index is 0.00000112. The molecule has 0 aliphatic carbocycles. The van der Waals surface area contributed by atoms with Gasteiger partial charge in [0.05, 0.1) is 7.11 Å². The van der Waals surface area contributed by atoms with Gasteiger partial charge in [-0.25, -0.2) is 0 Å². The highest BCUT2D eigenvalue weighted by molar-refractivity contribution is 5.85. The van der Waals surface area contributed by atoms with Gasteiger partial charge in [0.2, 0.25) is 0 Å². The van der Waals surface area contributed by atoms with Gasteiger partial charge < -0.3 is 14.8 Å². The van der Waals surface area contributed by atoms with Crippen molar-refractivity contribution in [2.45, 2.75) is 12.5 Å². The number of ether oxygens (including phenoxy) is 2. The zero-order chi connectivity index (χ0) is 9.80. The van der Waals surface area contributed by atoms with Crippen LogP contribution in [0.25, 0.3) is 0 Å². The molecule has 84 valence electrons. The highest BCUT2D eigenvalue weighted by atomic mass is 35.5. The lowest BCUT2D eigenvalue weighted by molar-refractivity contribution is 0.213. The van der Waals surface area contributed by atoms with Crippen molar-refractivity contribution in [3.05, 3.63) is 24.3 Å². The Bertz CT molecular complexity index is 300. The Morgan fingerprint density at radius 2 is 2.00 bits per heavy atom. The Kier molecular flexibility index (Phi) is 4.72. The number of benzene rings is 1. The second-order valence-corrected chi connectivity index (χ2v) is 3.38. The SMILES string of the molecule is COc1ccccc1O[C@@H]1CCNC1.Cl. The summed E-state index contributed by atoms with van der Waals surface area (Å²) in [6.45, 7) is 1.97. The standard InChI is InChI=1S/C11H15NO2.ClH/c1-13-10-4-2-3-5-11(10)14-9-6-7-12-8-9;/h2-5,9,12H,6-8H2,1H3;1H/t9-;/m1./s1. The van der Waals surface area contributed by atoms with Crippen LogP contribution in [0.3, 0.4) is 0 Å². The Labute approximate surface area is 96.2 Å². The smallest absolute Gasteiger partial charge is 0.161 e. The van der Waals surface area contributed by atoms with E-state index in [4.69, 9.17) is 9.47 Å². The van der Waals surface area contributed by atoms with Crippen molar-refractivity contribution in [2.24, 2.45) is 0 Å². The number of nitrogens with one attached hydrogen (secondary N) is 1. The average Bonchev–Trinajstić information content (AvgIpc) is 2.71. The molecule has 1 atom stereocenters. The molecule has 1 aliphatic heterocycles. The summed E-state index contributed by atoms with van der Waals surface area (Å²) in [5, 5.41) is 3.26. The molecule has 0 bridgehead atoms. The number of para-hydroxylation sites is 2. The van der Waals surface area contributed by atoms with Crippen molar-refractivity contribution in [1.29, 1.82) is 0 Å². The van der Waals surface area contributed by atoms with Gasteiger partial charge >= 0.3 is 0 Å². The molecule has 1 saturated heterocycles. The van der Waals surface area contributed by atoms with Crippen LogP contribution < -0.4 is 14.8 Å². The summed E-state index contributed by atoms with van der Waals surface area (Å²) in [4.78, 5) is 0. The van der Waals surface area contributed by atoms with Gasteiger partial charge in [-0.1, -0.05) is 12.1 Å². The van der Waals surface area contributed by atoms with Crippen LogP contribution in [0.15, 0.2) is 24.3 Å². The van der Waals surface area contributed by atoms with E-state index in [1.165, 1.54) is 0 Å². The Morgan fingerprint density at radius 3 is 2.60 bits per heavy atom. The third-order valence-electron chi connectivity index (χ3n) is 2.38. The first-order valence-electron chi connectivity index (χ1n) is 4.90. The summed E-state index contributed by atoms with van der Waals surface area (Å²) in [6.07, 6.45) is 1.35. The van der Waals surface area contributed by atoms with Crippen molar-refractivity contribution in [3.8, 4) is 11.5 Å². The molecule has 1 fully saturated rings. The fourth-order valence-electron chi connectivity index (χ4n) is 1.62. The van der Waals surface area contributed by atoms with E-state index in [-0.39, 0.29) is 18.5 Å². The quantitative estimate of drug-likeness (QED) is 0.858. The van der Waals surface area contributed by atoms with Crippen molar-refractivity contribution in [2.75, 3.05) is 20.2 Å². The first kappa shape index (κ1) is 12.1. The maximum Gasteiger partial charge on any atom is 0.161 e. The molecule has 0 unspecified atom stereocenters. The van der Waals surface area contributed by atoms with Gasteiger partial charge in [-0.05, 0) is 25.1 Å². The summed E-state index contributed by atoms with van der Waals surface area (Å²) in [5.74, 6) is 1.64. The van der Waals surface area contributed by atoms with Gasteiger partial charge in [-0.15, -0.1) is 12.4 Å². The largest absolute Gasteiger partial charge is 0.493 e. The molecule has 0 amide bonds. The predicted octanol–water partition coefficient (Wildman–Crippen LogP) is 1.86. The topological polar surface area (TPSA) is 30.5 Å². The summed E-state index contributed by atoms with van der Waals surface area (Å²) in [7, 11) is 1.66. The lowest BCUT2D eigenvalue weighted by atomic mass is 10.3. The van der Waals surface area contributed by atoms with Crippen molar-refractivity contribution < 1.29 is 9.47 Å². The van der Waals surface area contributed by atoms with Gasteiger partial charge in [0.25, 0.3) is 0 Å². The summed E-state index contributed by atoms with van der Waals surface area (Å²) in [6, 6.07) is 7.76. The molecule has 0 aromatic heterocycles. The maximum absolute atomic E-state index is 5.81. The van der Waals surface area contributed by atoms with Crippen molar-refractivity contribution >= 4 is 12.4 Å². The van der Waals surface area contributed by atoms with E-state index in [9.17, 15) is 0 Å². The lowest BCUT2D eigenvalue weighted by Crippen LogP contribution is -2.19. The molecule has 4 heteroatoms. The van der Waals surface area contributed by atoms with E-state index in [0.717, 1.165) is 31.0 Å². The van der Waals surface area contributed by atoms with E-state index < -0.39 is 0 Å². The highest BCUT2D eigenvalue weighted by Crippen LogP contribution is 2.27. The molecule has 0 radical (unpaired) electrons. The molecular formula is C11H16ClNO2. The van der Waals surface area contributed by atoms with Gasteiger partial charge in [-0.3, -0.25) is 0 Å². The van der Waals surface area contributed by atoms with Crippen LogP contribution >= 0.6 is 12.4 Å². The number of halogens is 1. The van der Waals surface area contributed by atoms with E-state index >= 15 is 0 Å². The number of rotatable bonds is 3. The van der Waals surface area contributed by atoms with Gasteiger partial charge in [-0.2, -0.15) is 0 Å². The fourth-order valence-corrected chi connectivity index (χ4v) is 1.62. The first-order valence-corrected chi connectivity index (χ1v) is 4.90. The Morgan fingerprint density at radius 1 is 1.27 bits per heavy atom. The summed E-state index contributed by atoms with van der Waals surface area (Å²) < 4.78 is 11.0. The molecule has 1 N–H and O–H groups in total. The van der Waals surface area contributed by atoms with Crippen molar-refractivity contribution in [1.82, 2.24) is 5.32 Å². The third-order valence-corrected chi connectivity index (χ3v) is 2.38. The van der Waals surface area contributed by atoms with Gasteiger partial charge in [0, 0.05) is 6.54 Å². The molecule has 1 heterocycles. The zero-order valence-electron chi connectivity index (χ0n) is 8.73. The van der Waals surface area contributed by atoms with Crippen LogP contribution in [0.5, 0.6) is 11.5 Å². The molecular weight excluding hydrogens is 214 g/mol. The number of methoxy groups -OCH3 is 1. The molecule has 1 aromatic rings. The second kappa shape index (κ2) is 5.83. The van der Waals surface area contributed by atoms with E-state index in [2.05, 4.69) is 5.32 Å². The minimum absolute atomic E-state index is 0. The van der Waals surface area contributed by atoms with Crippen LogP contribution in [-0.2, 0) is 0 Å². The zero-order valence-corrected chi connectivity index (χ0v) is 9.55. The van der Waals surface area contributed by atoms with Crippen LogP contribution in [0.1, 0.15) is 6.42 Å². The first-order chi connectivity index (χ1) is 6.90. The summed E-state index contributed by atoms with van der Waals surface area (Å²) >= 11 is 0. The predicted molar refractivity (Wildman–Crippen MR) is 62.1 cm³/mol. The minimum atomic E-state index is 0. The van der Waals surface area contributed by atoms with Crippen molar-refractivity contribution in [3.63, 3.8) is 0 Å². The van der Waals surface area contributed by atoms with E-state index in [1.54, 1.807) is 7.11 Å². The lowest BCUT2D eigenvalue weighted by Gasteiger charge is -2.14. The van der Waals surface area contributed by atoms with E-state index in [0.29, 0.717) is 0 Å².